The Labute approximate surface area is 193 Å². The van der Waals surface area contributed by atoms with Crippen LogP contribution in [0.2, 0.25) is 0 Å². The first kappa shape index (κ1) is 23.4. The number of para-hydroxylation sites is 2. The van der Waals surface area contributed by atoms with Gasteiger partial charge in [0.05, 0.1) is 29.8 Å². The Bertz CT molecular complexity index is 1290. The number of anilines is 2. The van der Waals surface area contributed by atoms with Crippen LogP contribution >= 0.6 is 0 Å². The van der Waals surface area contributed by atoms with Gasteiger partial charge < -0.3 is 14.8 Å². The molecule has 0 fully saturated rings. The Morgan fingerprint density at radius 1 is 1.03 bits per heavy atom. The second kappa shape index (κ2) is 8.90. The van der Waals surface area contributed by atoms with Crippen molar-refractivity contribution >= 4 is 27.3 Å². The Kier molecular flexibility index (Phi) is 6.13. The van der Waals surface area contributed by atoms with Crippen LogP contribution in [0.4, 0.5) is 24.5 Å². The standard InChI is InChI=1S/C23H19F3N2O5S/c1-32-17-10-12-18(13-11-17)34(30,31)28-14-21(33-20-5-3-2-4-19(20)28)22(29)27-16-8-6-15(7-9-16)23(24,25)26/h2-13,21H,14H2,1H3,(H,27,29). The molecule has 0 saturated carbocycles. The lowest BCUT2D eigenvalue weighted by atomic mass is 10.2. The third-order valence-corrected chi connectivity index (χ3v) is 6.95. The van der Waals surface area contributed by atoms with E-state index in [1.54, 1.807) is 18.2 Å². The molecule has 1 unspecified atom stereocenters. The predicted octanol–water partition coefficient (Wildman–Crippen LogP) is 4.31. The van der Waals surface area contributed by atoms with Gasteiger partial charge in [-0.3, -0.25) is 9.10 Å². The maximum Gasteiger partial charge on any atom is 0.416 e. The number of methoxy groups -OCH3 is 1. The lowest BCUT2D eigenvalue weighted by Crippen LogP contribution is -2.48. The summed E-state index contributed by atoms with van der Waals surface area (Å²) < 4.78 is 77.0. The van der Waals surface area contributed by atoms with E-state index in [1.807, 2.05) is 0 Å². The highest BCUT2D eigenvalue weighted by Gasteiger charge is 2.37. The van der Waals surface area contributed by atoms with E-state index in [0.717, 1.165) is 28.6 Å². The summed E-state index contributed by atoms with van der Waals surface area (Å²) in [6, 6.07) is 16.1. The van der Waals surface area contributed by atoms with E-state index in [9.17, 15) is 26.4 Å². The molecule has 1 N–H and O–H groups in total. The number of hydrogen-bond acceptors (Lipinski definition) is 5. The number of ether oxygens (including phenoxy) is 2. The summed E-state index contributed by atoms with van der Waals surface area (Å²) in [6.07, 6.45) is -5.75. The van der Waals surface area contributed by atoms with Gasteiger partial charge in [0.2, 0.25) is 0 Å². The van der Waals surface area contributed by atoms with Crippen molar-refractivity contribution in [2.24, 2.45) is 0 Å². The molecule has 0 radical (unpaired) electrons. The number of nitrogens with one attached hydrogen (secondary N) is 1. The zero-order chi connectivity index (χ0) is 24.5. The highest BCUT2D eigenvalue weighted by molar-refractivity contribution is 7.92. The number of fused-ring (bicyclic) bond motifs is 1. The van der Waals surface area contributed by atoms with E-state index in [1.165, 1.54) is 37.4 Å². The van der Waals surface area contributed by atoms with Gasteiger partial charge in [-0.25, -0.2) is 8.42 Å². The normalized spacial score (nSPS) is 15.8. The molecule has 0 bridgehead atoms. The Morgan fingerprint density at radius 2 is 1.68 bits per heavy atom. The second-order valence-corrected chi connectivity index (χ2v) is 9.21. The molecule has 178 valence electrons. The number of rotatable bonds is 5. The molecule has 1 amide bonds. The molecule has 1 aliphatic heterocycles. The van der Waals surface area contributed by atoms with Crippen molar-refractivity contribution in [3.05, 3.63) is 78.4 Å². The minimum Gasteiger partial charge on any atom is -0.497 e. The van der Waals surface area contributed by atoms with Crippen molar-refractivity contribution in [1.29, 1.82) is 0 Å². The van der Waals surface area contributed by atoms with Crippen LogP contribution in [0, 0.1) is 0 Å². The summed E-state index contributed by atoms with van der Waals surface area (Å²) in [7, 11) is -2.61. The average Bonchev–Trinajstić information content (AvgIpc) is 2.83. The molecule has 1 atom stereocenters. The first-order chi connectivity index (χ1) is 16.1. The van der Waals surface area contributed by atoms with Crippen LogP contribution in [0.25, 0.3) is 0 Å². The summed E-state index contributed by atoms with van der Waals surface area (Å²) in [5, 5.41) is 2.48. The number of alkyl halides is 3. The van der Waals surface area contributed by atoms with Crippen molar-refractivity contribution in [2.75, 3.05) is 23.3 Å². The quantitative estimate of drug-likeness (QED) is 0.574. The molecule has 0 saturated heterocycles. The van der Waals surface area contributed by atoms with Crippen LogP contribution in [0.5, 0.6) is 11.5 Å². The molecule has 34 heavy (non-hydrogen) atoms. The van der Waals surface area contributed by atoms with Gasteiger partial charge in [0, 0.05) is 5.69 Å². The minimum absolute atomic E-state index is 0.00750. The molecule has 3 aromatic carbocycles. The van der Waals surface area contributed by atoms with Crippen LogP contribution in [0.15, 0.2) is 77.7 Å². The van der Waals surface area contributed by atoms with Crippen LogP contribution in [-0.4, -0.2) is 34.1 Å². The van der Waals surface area contributed by atoms with Gasteiger partial charge >= 0.3 is 6.18 Å². The summed E-state index contributed by atoms with van der Waals surface area (Å²) in [4.78, 5) is 12.8. The fourth-order valence-electron chi connectivity index (χ4n) is 3.41. The number of carbonyl (C=O) groups excluding carboxylic acids is 1. The van der Waals surface area contributed by atoms with Gasteiger partial charge in [-0.15, -0.1) is 0 Å². The molecule has 3 aromatic rings. The SMILES string of the molecule is COc1ccc(S(=O)(=O)N2CC(C(=O)Nc3ccc(C(F)(F)F)cc3)Oc3ccccc32)cc1. The maximum atomic E-state index is 13.4. The summed E-state index contributed by atoms with van der Waals surface area (Å²) in [5.74, 6) is -0.0438. The van der Waals surface area contributed by atoms with Crippen LogP contribution in [0.1, 0.15) is 5.56 Å². The third-order valence-electron chi connectivity index (χ3n) is 5.15. The Morgan fingerprint density at radius 3 is 2.29 bits per heavy atom. The van der Waals surface area contributed by atoms with E-state index in [4.69, 9.17) is 9.47 Å². The van der Waals surface area contributed by atoms with Gasteiger partial charge in [0.25, 0.3) is 15.9 Å². The maximum absolute atomic E-state index is 13.4. The summed E-state index contributed by atoms with van der Waals surface area (Å²) >= 11 is 0. The van der Waals surface area contributed by atoms with Gasteiger partial charge in [0.15, 0.2) is 6.10 Å². The second-order valence-electron chi connectivity index (χ2n) is 7.35. The van der Waals surface area contributed by atoms with Crippen LogP contribution in [-0.2, 0) is 21.0 Å². The highest BCUT2D eigenvalue weighted by Crippen LogP contribution is 2.37. The minimum atomic E-state index is -4.50. The first-order valence-corrected chi connectivity index (χ1v) is 11.4. The molecule has 1 heterocycles. The van der Waals surface area contributed by atoms with E-state index >= 15 is 0 Å². The van der Waals surface area contributed by atoms with Crippen molar-refractivity contribution in [1.82, 2.24) is 0 Å². The lowest BCUT2D eigenvalue weighted by Gasteiger charge is -2.34. The zero-order valence-electron chi connectivity index (χ0n) is 17.7. The molecule has 11 heteroatoms. The number of nitrogens with zero attached hydrogens (tertiary/aromatic N) is 1. The predicted molar refractivity (Wildman–Crippen MR) is 118 cm³/mol. The molecule has 4 rings (SSSR count). The average molecular weight is 492 g/mol. The number of sulfonamides is 1. The fourth-order valence-corrected chi connectivity index (χ4v) is 4.88. The largest absolute Gasteiger partial charge is 0.497 e. The molecule has 0 spiro atoms. The van der Waals surface area contributed by atoms with E-state index in [-0.39, 0.29) is 28.6 Å². The molecule has 1 aliphatic rings. The number of amides is 1. The monoisotopic (exact) mass is 492 g/mol. The fraction of sp³-hybridized carbons (Fsp3) is 0.174. The van der Waals surface area contributed by atoms with Crippen molar-refractivity contribution in [2.45, 2.75) is 17.2 Å². The molecular weight excluding hydrogens is 473 g/mol. The van der Waals surface area contributed by atoms with Gasteiger partial charge in [0.1, 0.15) is 11.5 Å². The van der Waals surface area contributed by atoms with Crippen molar-refractivity contribution < 1.29 is 35.9 Å². The van der Waals surface area contributed by atoms with Crippen molar-refractivity contribution in [3.8, 4) is 11.5 Å². The smallest absolute Gasteiger partial charge is 0.416 e. The third kappa shape index (κ3) is 4.65. The van der Waals surface area contributed by atoms with Gasteiger partial charge in [-0.1, -0.05) is 12.1 Å². The van der Waals surface area contributed by atoms with Gasteiger partial charge in [-0.05, 0) is 60.7 Å². The zero-order valence-corrected chi connectivity index (χ0v) is 18.6. The van der Waals surface area contributed by atoms with Crippen molar-refractivity contribution in [3.63, 3.8) is 0 Å². The molecular formula is C23H19F3N2O5S. The van der Waals surface area contributed by atoms with Crippen LogP contribution < -0.4 is 19.1 Å². The number of hydrogen-bond donors (Lipinski definition) is 1. The Hall–Kier alpha value is -3.73. The number of halogens is 3. The molecule has 0 aromatic heterocycles. The van der Waals surface area contributed by atoms with E-state index in [0.29, 0.717) is 5.75 Å². The lowest BCUT2D eigenvalue weighted by molar-refractivity contribution is -0.137. The summed E-state index contributed by atoms with van der Waals surface area (Å²) in [6.45, 7) is -0.335. The number of benzene rings is 3. The van der Waals surface area contributed by atoms with E-state index in [2.05, 4.69) is 5.32 Å². The number of carbonyl (C=O) groups is 1. The molecule has 0 aliphatic carbocycles. The highest BCUT2D eigenvalue weighted by atomic mass is 32.2. The topological polar surface area (TPSA) is 84.9 Å². The van der Waals surface area contributed by atoms with Gasteiger partial charge in [-0.2, -0.15) is 13.2 Å². The van der Waals surface area contributed by atoms with E-state index < -0.39 is 33.8 Å². The van der Waals surface area contributed by atoms with Crippen LogP contribution in [0.3, 0.4) is 0 Å². The molecule has 7 nitrogen and oxygen atoms in total. The summed E-state index contributed by atoms with van der Waals surface area (Å²) in [5.41, 5.74) is -0.480. The first-order valence-electron chi connectivity index (χ1n) is 10.0. The Balaban J connectivity index is 1.60.